The van der Waals surface area contributed by atoms with Crippen LogP contribution in [0.15, 0.2) is 0 Å². The molecule has 0 aromatic heterocycles. The van der Waals surface area contributed by atoms with Gasteiger partial charge in [-0.3, -0.25) is 0 Å². The van der Waals surface area contributed by atoms with E-state index >= 15 is 0 Å². The molecule has 1 unspecified atom stereocenters. The summed E-state index contributed by atoms with van der Waals surface area (Å²) in [7, 11) is 0. The smallest absolute Gasteiger partial charge is 0.0636 e. The van der Waals surface area contributed by atoms with Crippen molar-refractivity contribution in [1.82, 2.24) is 10.6 Å². The molecule has 0 aromatic carbocycles. The number of nitrogens with one attached hydrogen (secondary N) is 2. The van der Waals surface area contributed by atoms with Crippen LogP contribution in [-0.4, -0.2) is 32.3 Å². The zero-order chi connectivity index (χ0) is 7.94. The predicted octanol–water partition coefficient (Wildman–Crippen LogP) is 0.136. The maximum Gasteiger partial charge on any atom is 0.0636 e. The maximum atomic E-state index is 5.28. The lowest BCUT2D eigenvalue weighted by Gasteiger charge is -2.23. The van der Waals surface area contributed by atoms with Crippen LogP contribution in [0, 0.1) is 6.54 Å². The zero-order valence-electron chi connectivity index (χ0n) is 7.10. The summed E-state index contributed by atoms with van der Waals surface area (Å²) in [5.41, 5.74) is 0. The van der Waals surface area contributed by atoms with Crippen LogP contribution in [0.3, 0.4) is 0 Å². The molecule has 1 aliphatic rings. The van der Waals surface area contributed by atoms with Gasteiger partial charge in [0.05, 0.1) is 13.2 Å². The van der Waals surface area contributed by atoms with Gasteiger partial charge < -0.3 is 15.4 Å². The first-order valence-electron chi connectivity index (χ1n) is 4.31. The highest BCUT2D eigenvalue weighted by Crippen LogP contribution is 1.94. The number of rotatable bonds is 4. The number of ether oxygens (including phenoxy) is 1. The van der Waals surface area contributed by atoms with E-state index in [4.69, 9.17) is 4.74 Å². The molecule has 1 heterocycles. The number of hydrogen-bond acceptors (Lipinski definition) is 3. The summed E-state index contributed by atoms with van der Waals surface area (Å²) in [5.74, 6) is 0. The Morgan fingerprint density at radius 2 is 2.64 bits per heavy atom. The molecule has 0 bridgehead atoms. The summed E-state index contributed by atoms with van der Waals surface area (Å²) < 4.78 is 5.28. The van der Waals surface area contributed by atoms with Crippen molar-refractivity contribution in [2.24, 2.45) is 0 Å². The topological polar surface area (TPSA) is 33.3 Å². The summed E-state index contributed by atoms with van der Waals surface area (Å²) in [5, 5.41) is 6.57. The van der Waals surface area contributed by atoms with Crippen LogP contribution in [-0.2, 0) is 4.74 Å². The normalized spacial score (nSPS) is 25.4. The Morgan fingerprint density at radius 3 is 3.27 bits per heavy atom. The molecule has 1 saturated heterocycles. The van der Waals surface area contributed by atoms with E-state index in [-0.39, 0.29) is 0 Å². The quantitative estimate of drug-likeness (QED) is 0.569. The van der Waals surface area contributed by atoms with Crippen LogP contribution in [0.1, 0.15) is 13.3 Å². The molecule has 3 nitrogen and oxygen atoms in total. The molecule has 1 fully saturated rings. The Bertz CT molecular complexity index is 92.1. The SMILES string of the molecule is CCCN[CH]C1COCCN1. The summed E-state index contributed by atoms with van der Waals surface area (Å²) in [4.78, 5) is 0. The van der Waals surface area contributed by atoms with Gasteiger partial charge in [-0.25, -0.2) is 0 Å². The largest absolute Gasteiger partial charge is 0.378 e. The zero-order valence-corrected chi connectivity index (χ0v) is 7.10. The number of morpholine rings is 1. The molecule has 1 atom stereocenters. The van der Waals surface area contributed by atoms with Crippen molar-refractivity contribution in [3.05, 3.63) is 6.54 Å². The van der Waals surface area contributed by atoms with Crippen molar-refractivity contribution in [3.63, 3.8) is 0 Å². The second kappa shape index (κ2) is 5.52. The lowest BCUT2D eigenvalue weighted by atomic mass is 10.3. The Labute approximate surface area is 68.5 Å². The van der Waals surface area contributed by atoms with Gasteiger partial charge in [0.2, 0.25) is 0 Å². The van der Waals surface area contributed by atoms with Gasteiger partial charge in [-0.1, -0.05) is 6.92 Å². The molecule has 11 heavy (non-hydrogen) atoms. The van der Waals surface area contributed by atoms with E-state index in [9.17, 15) is 0 Å². The third kappa shape index (κ3) is 3.70. The van der Waals surface area contributed by atoms with E-state index in [1.54, 1.807) is 0 Å². The first kappa shape index (κ1) is 8.97. The standard InChI is InChI=1S/C8H17N2O/c1-2-3-9-6-8-7-11-5-4-10-8/h6,8-10H,2-5,7H2,1H3. The highest BCUT2D eigenvalue weighted by Gasteiger charge is 2.11. The third-order valence-electron chi connectivity index (χ3n) is 1.66. The molecule has 65 valence electrons. The molecule has 0 amide bonds. The monoisotopic (exact) mass is 157 g/mol. The van der Waals surface area contributed by atoms with Crippen LogP contribution in [0.2, 0.25) is 0 Å². The lowest BCUT2D eigenvalue weighted by Crippen LogP contribution is -2.44. The van der Waals surface area contributed by atoms with Crippen molar-refractivity contribution < 1.29 is 4.74 Å². The van der Waals surface area contributed by atoms with Gasteiger partial charge in [-0.15, -0.1) is 0 Å². The van der Waals surface area contributed by atoms with Crippen LogP contribution in [0.25, 0.3) is 0 Å². The fraction of sp³-hybridized carbons (Fsp3) is 0.875. The van der Waals surface area contributed by atoms with Crippen molar-refractivity contribution in [2.75, 3.05) is 26.3 Å². The minimum absolute atomic E-state index is 0.398. The summed E-state index contributed by atoms with van der Waals surface area (Å²) in [6, 6.07) is 0.398. The van der Waals surface area contributed by atoms with Crippen LogP contribution in [0.4, 0.5) is 0 Å². The Morgan fingerprint density at radius 1 is 1.73 bits per heavy atom. The van der Waals surface area contributed by atoms with Crippen molar-refractivity contribution in [3.8, 4) is 0 Å². The van der Waals surface area contributed by atoms with E-state index < -0.39 is 0 Å². The van der Waals surface area contributed by atoms with Gasteiger partial charge in [-0.05, 0) is 13.0 Å². The molecular weight excluding hydrogens is 140 g/mol. The van der Waals surface area contributed by atoms with Gasteiger partial charge >= 0.3 is 0 Å². The minimum Gasteiger partial charge on any atom is -0.378 e. The van der Waals surface area contributed by atoms with Gasteiger partial charge in [0.25, 0.3) is 0 Å². The lowest BCUT2D eigenvalue weighted by molar-refractivity contribution is 0.0840. The van der Waals surface area contributed by atoms with Gasteiger partial charge in [0.15, 0.2) is 0 Å². The molecule has 0 spiro atoms. The van der Waals surface area contributed by atoms with E-state index in [2.05, 4.69) is 24.1 Å². The average molecular weight is 157 g/mol. The summed E-state index contributed by atoms with van der Waals surface area (Å²) in [6.45, 7) is 7.91. The van der Waals surface area contributed by atoms with Crippen molar-refractivity contribution >= 4 is 0 Å². The second-order valence-corrected chi connectivity index (χ2v) is 2.76. The van der Waals surface area contributed by atoms with E-state index in [0.29, 0.717) is 6.04 Å². The van der Waals surface area contributed by atoms with Gasteiger partial charge in [0.1, 0.15) is 0 Å². The maximum absolute atomic E-state index is 5.28. The fourth-order valence-electron chi connectivity index (χ4n) is 1.06. The van der Waals surface area contributed by atoms with Crippen molar-refractivity contribution in [2.45, 2.75) is 19.4 Å². The van der Waals surface area contributed by atoms with Gasteiger partial charge in [0, 0.05) is 19.1 Å². The van der Waals surface area contributed by atoms with Crippen LogP contribution < -0.4 is 10.6 Å². The first-order valence-corrected chi connectivity index (χ1v) is 4.31. The fourth-order valence-corrected chi connectivity index (χ4v) is 1.06. The summed E-state index contributed by atoms with van der Waals surface area (Å²) in [6.07, 6.45) is 1.17. The molecule has 2 N–H and O–H groups in total. The van der Waals surface area contributed by atoms with Crippen LogP contribution in [0.5, 0.6) is 0 Å². The summed E-state index contributed by atoms with van der Waals surface area (Å²) >= 11 is 0. The molecule has 1 radical (unpaired) electrons. The molecule has 3 heteroatoms. The third-order valence-corrected chi connectivity index (χ3v) is 1.66. The molecule has 1 rings (SSSR count). The van der Waals surface area contributed by atoms with E-state index in [1.807, 2.05) is 0 Å². The van der Waals surface area contributed by atoms with Crippen LogP contribution >= 0.6 is 0 Å². The average Bonchev–Trinajstić information content (AvgIpc) is 2.07. The minimum atomic E-state index is 0.398. The highest BCUT2D eigenvalue weighted by molar-refractivity contribution is 4.82. The second-order valence-electron chi connectivity index (χ2n) is 2.76. The van der Waals surface area contributed by atoms with Crippen molar-refractivity contribution in [1.29, 1.82) is 0 Å². The highest BCUT2D eigenvalue weighted by atomic mass is 16.5. The van der Waals surface area contributed by atoms with E-state index in [0.717, 1.165) is 26.3 Å². The molecule has 0 aliphatic carbocycles. The Kier molecular flexibility index (Phi) is 4.50. The Hall–Kier alpha value is -0.120. The molecule has 0 saturated carbocycles. The predicted molar refractivity (Wildman–Crippen MR) is 45.2 cm³/mol. The van der Waals surface area contributed by atoms with E-state index in [1.165, 1.54) is 6.42 Å². The number of hydrogen-bond donors (Lipinski definition) is 2. The molecule has 0 aromatic rings. The Balaban J connectivity index is 1.96. The molecule has 1 aliphatic heterocycles. The van der Waals surface area contributed by atoms with Gasteiger partial charge in [-0.2, -0.15) is 0 Å². The first-order chi connectivity index (χ1) is 5.43. The molecular formula is C8H17N2O.